The number of nitrogens with zero attached hydrogens (tertiary/aromatic N) is 2. The van der Waals surface area contributed by atoms with Gasteiger partial charge in [-0.05, 0) is 37.1 Å². The number of pyridine rings is 1. The Labute approximate surface area is 179 Å². The number of allylic oxidation sites excluding steroid dienone is 2. The molecule has 0 fully saturated rings. The number of fused-ring (bicyclic) bond motifs is 1. The van der Waals surface area contributed by atoms with E-state index in [2.05, 4.69) is 10.3 Å². The van der Waals surface area contributed by atoms with Crippen molar-refractivity contribution in [3.8, 4) is 0 Å². The summed E-state index contributed by atoms with van der Waals surface area (Å²) in [6.45, 7) is 3.90. The van der Waals surface area contributed by atoms with E-state index >= 15 is 0 Å². The summed E-state index contributed by atoms with van der Waals surface area (Å²) in [6.07, 6.45) is 3.67. The van der Waals surface area contributed by atoms with Gasteiger partial charge >= 0.3 is 5.97 Å². The van der Waals surface area contributed by atoms with Crippen LogP contribution in [-0.2, 0) is 15.1 Å². The van der Waals surface area contributed by atoms with Gasteiger partial charge in [0.05, 0.1) is 29.0 Å². The van der Waals surface area contributed by atoms with Crippen LogP contribution < -0.4 is 5.32 Å². The number of nitro groups is 1. The fourth-order valence-electron chi connectivity index (χ4n) is 4.69. The highest BCUT2D eigenvalue weighted by atomic mass is 16.6. The van der Waals surface area contributed by atoms with Crippen LogP contribution in [0, 0.1) is 16.0 Å². The fourth-order valence-corrected chi connectivity index (χ4v) is 4.69. The summed E-state index contributed by atoms with van der Waals surface area (Å²) in [4.78, 5) is 28.5. The summed E-state index contributed by atoms with van der Waals surface area (Å²) in [5, 5.41) is 15.8. The van der Waals surface area contributed by atoms with E-state index in [1.54, 1.807) is 12.3 Å². The molecule has 2 heterocycles. The lowest BCUT2D eigenvalue weighted by atomic mass is 9.67. The highest BCUT2D eigenvalue weighted by Gasteiger charge is 2.49. The lowest BCUT2D eigenvalue weighted by Crippen LogP contribution is -2.53. The van der Waals surface area contributed by atoms with Gasteiger partial charge < -0.3 is 10.1 Å². The van der Waals surface area contributed by atoms with Crippen molar-refractivity contribution in [3.05, 3.63) is 93.8 Å². The second-order valence-corrected chi connectivity index (χ2v) is 7.93. The fraction of sp³-hybridized carbons (Fsp3) is 0.250. The lowest BCUT2D eigenvalue weighted by molar-refractivity contribution is -0.384. The molecule has 1 aromatic heterocycles. The van der Waals surface area contributed by atoms with Crippen LogP contribution in [0.2, 0.25) is 0 Å². The predicted molar refractivity (Wildman–Crippen MR) is 117 cm³/mol. The standard InChI is InChI=1S/C24H23N3O4/c1-15-13-19(16-7-4-8-17(14-16)27(29)30)22(23(28)31-3)24(2,26-15)20-10-5-11-21-18(20)9-6-12-25-21/h4-14,19,22,26H,1-3H3. The molecule has 1 aliphatic rings. The van der Waals surface area contributed by atoms with E-state index < -0.39 is 28.3 Å². The molecular weight excluding hydrogens is 394 g/mol. The van der Waals surface area contributed by atoms with Crippen molar-refractivity contribution in [1.82, 2.24) is 10.3 Å². The number of non-ortho nitro benzene ring substituents is 1. The zero-order chi connectivity index (χ0) is 22.2. The number of aromatic nitrogens is 1. The zero-order valence-electron chi connectivity index (χ0n) is 17.5. The van der Waals surface area contributed by atoms with Gasteiger partial charge in [-0.25, -0.2) is 0 Å². The molecule has 3 aromatic rings. The molecular formula is C24H23N3O4. The Hall–Kier alpha value is -3.74. The summed E-state index contributed by atoms with van der Waals surface area (Å²) < 4.78 is 5.23. The Morgan fingerprint density at radius 2 is 1.97 bits per heavy atom. The van der Waals surface area contributed by atoms with Gasteiger partial charge in [0.15, 0.2) is 0 Å². The maximum absolute atomic E-state index is 13.2. The molecule has 7 heteroatoms. The molecule has 0 amide bonds. The lowest BCUT2D eigenvalue weighted by Gasteiger charge is -2.45. The molecule has 1 N–H and O–H groups in total. The molecule has 3 atom stereocenters. The van der Waals surface area contributed by atoms with Crippen molar-refractivity contribution >= 4 is 22.6 Å². The Morgan fingerprint density at radius 3 is 2.71 bits per heavy atom. The molecule has 2 aromatic carbocycles. The SMILES string of the molecule is COC(=O)C1C(c2cccc([N+](=O)[O-])c2)C=C(C)NC1(C)c1cccc2ncccc12. The average molecular weight is 417 g/mol. The van der Waals surface area contributed by atoms with Crippen LogP contribution in [0.25, 0.3) is 10.9 Å². The quantitative estimate of drug-likeness (QED) is 0.383. The van der Waals surface area contributed by atoms with Crippen LogP contribution in [0.15, 0.2) is 72.6 Å². The molecule has 4 rings (SSSR count). The van der Waals surface area contributed by atoms with Crippen molar-refractivity contribution in [2.45, 2.75) is 25.3 Å². The number of ether oxygens (including phenoxy) is 1. The number of carbonyl (C=O) groups is 1. The molecule has 31 heavy (non-hydrogen) atoms. The number of carbonyl (C=O) groups excluding carboxylic acids is 1. The molecule has 7 nitrogen and oxygen atoms in total. The summed E-state index contributed by atoms with van der Waals surface area (Å²) in [6, 6.07) is 16.1. The summed E-state index contributed by atoms with van der Waals surface area (Å²) in [7, 11) is 1.36. The first-order valence-electron chi connectivity index (χ1n) is 9.98. The minimum atomic E-state index is -0.830. The van der Waals surface area contributed by atoms with Crippen molar-refractivity contribution in [2.24, 2.45) is 5.92 Å². The van der Waals surface area contributed by atoms with Gasteiger partial charge in [-0.1, -0.05) is 36.4 Å². The number of hydrogen-bond acceptors (Lipinski definition) is 6. The van der Waals surface area contributed by atoms with E-state index in [1.165, 1.54) is 19.2 Å². The largest absolute Gasteiger partial charge is 0.469 e. The Kier molecular flexibility index (Phi) is 5.19. The third-order valence-electron chi connectivity index (χ3n) is 5.99. The van der Waals surface area contributed by atoms with Gasteiger partial charge in [0.2, 0.25) is 0 Å². The molecule has 158 valence electrons. The van der Waals surface area contributed by atoms with Crippen molar-refractivity contribution < 1.29 is 14.5 Å². The number of nitro benzene ring substituents is 1. The summed E-state index contributed by atoms with van der Waals surface area (Å²) in [5.74, 6) is -1.46. The molecule has 0 saturated heterocycles. The Morgan fingerprint density at radius 1 is 1.19 bits per heavy atom. The minimum absolute atomic E-state index is 0.0123. The number of hydrogen-bond donors (Lipinski definition) is 1. The smallest absolute Gasteiger partial charge is 0.312 e. The topological polar surface area (TPSA) is 94.4 Å². The predicted octanol–water partition coefficient (Wildman–Crippen LogP) is 4.44. The molecule has 0 bridgehead atoms. The van der Waals surface area contributed by atoms with E-state index in [0.717, 1.165) is 22.2 Å². The Bertz CT molecular complexity index is 1200. The van der Waals surface area contributed by atoms with Crippen molar-refractivity contribution in [2.75, 3.05) is 7.11 Å². The molecule has 1 aliphatic heterocycles. The second kappa shape index (κ2) is 7.83. The van der Waals surface area contributed by atoms with Crippen molar-refractivity contribution in [1.29, 1.82) is 0 Å². The normalized spacial score (nSPS) is 23.0. The highest BCUT2D eigenvalue weighted by molar-refractivity contribution is 5.85. The van der Waals surface area contributed by atoms with E-state index in [4.69, 9.17) is 4.74 Å². The third kappa shape index (κ3) is 3.52. The van der Waals surface area contributed by atoms with Gasteiger partial charge in [0.25, 0.3) is 5.69 Å². The molecule has 0 saturated carbocycles. The Balaban J connectivity index is 1.94. The average Bonchev–Trinajstić information content (AvgIpc) is 2.77. The molecule has 3 unspecified atom stereocenters. The number of esters is 1. The van der Waals surface area contributed by atoms with Crippen LogP contribution in [0.4, 0.5) is 5.69 Å². The highest BCUT2D eigenvalue weighted by Crippen LogP contribution is 2.46. The van der Waals surface area contributed by atoms with Crippen LogP contribution >= 0.6 is 0 Å². The van der Waals surface area contributed by atoms with Crippen LogP contribution in [0.3, 0.4) is 0 Å². The van der Waals surface area contributed by atoms with Gasteiger partial charge in [0, 0.05) is 35.3 Å². The molecule has 0 spiro atoms. The third-order valence-corrected chi connectivity index (χ3v) is 5.99. The number of methoxy groups -OCH3 is 1. The van der Waals surface area contributed by atoms with E-state index in [-0.39, 0.29) is 5.69 Å². The maximum Gasteiger partial charge on any atom is 0.312 e. The van der Waals surface area contributed by atoms with Crippen LogP contribution in [0.1, 0.15) is 30.9 Å². The van der Waals surface area contributed by atoms with Gasteiger partial charge in [0.1, 0.15) is 0 Å². The second-order valence-electron chi connectivity index (χ2n) is 7.93. The van der Waals surface area contributed by atoms with Gasteiger partial charge in [-0.2, -0.15) is 0 Å². The summed E-state index contributed by atoms with van der Waals surface area (Å²) >= 11 is 0. The molecule has 0 radical (unpaired) electrons. The van der Waals surface area contributed by atoms with Crippen LogP contribution in [0.5, 0.6) is 0 Å². The van der Waals surface area contributed by atoms with Gasteiger partial charge in [-0.3, -0.25) is 19.9 Å². The monoisotopic (exact) mass is 417 g/mol. The zero-order valence-corrected chi connectivity index (χ0v) is 17.5. The first-order valence-corrected chi connectivity index (χ1v) is 9.98. The number of nitrogens with one attached hydrogen (secondary N) is 1. The first kappa shape index (κ1) is 20.5. The van der Waals surface area contributed by atoms with E-state index in [1.807, 2.05) is 56.3 Å². The maximum atomic E-state index is 13.2. The van der Waals surface area contributed by atoms with Gasteiger partial charge in [-0.15, -0.1) is 0 Å². The molecule has 0 aliphatic carbocycles. The van der Waals surface area contributed by atoms with Crippen LogP contribution in [-0.4, -0.2) is 23.0 Å². The van der Waals surface area contributed by atoms with E-state index in [0.29, 0.717) is 5.56 Å². The summed E-state index contributed by atoms with van der Waals surface area (Å²) in [5.41, 5.74) is 2.46. The van der Waals surface area contributed by atoms with Crippen molar-refractivity contribution in [3.63, 3.8) is 0 Å². The van der Waals surface area contributed by atoms with E-state index in [9.17, 15) is 14.9 Å². The minimum Gasteiger partial charge on any atom is -0.469 e. The number of benzene rings is 2. The first-order chi connectivity index (χ1) is 14.8. The number of rotatable bonds is 4.